The second kappa shape index (κ2) is 6.55. The topological polar surface area (TPSA) is 26.7 Å². The molecule has 3 nitrogen and oxygen atoms in total. The van der Waals surface area contributed by atoms with E-state index in [0.29, 0.717) is 5.75 Å². The Bertz CT molecular complexity index is 389. The molecular formula is C14H21BrN2O. The van der Waals surface area contributed by atoms with Gasteiger partial charge in [-0.1, -0.05) is 12.1 Å². The average molecular weight is 313 g/mol. The fourth-order valence-corrected chi connectivity index (χ4v) is 2.79. The van der Waals surface area contributed by atoms with Crippen molar-refractivity contribution in [3.8, 4) is 5.75 Å². The molecule has 0 spiro atoms. The Labute approximate surface area is 118 Å². The van der Waals surface area contributed by atoms with Crippen LogP contribution in [0.1, 0.15) is 12.0 Å². The van der Waals surface area contributed by atoms with Gasteiger partial charge in [0.05, 0.1) is 4.47 Å². The van der Waals surface area contributed by atoms with E-state index in [-0.39, 0.29) is 0 Å². The number of aromatic hydroxyl groups is 1. The average Bonchev–Trinajstić information content (AvgIpc) is 2.37. The number of likely N-dealkylation sites (N-methyl/N-ethyl adjacent to an activating group) is 1. The van der Waals surface area contributed by atoms with E-state index in [1.54, 1.807) is 6.07 Å². The molecule has 0 amide bonds. The summed E-state index contributed by atoms with van der Waals surface area (Å²) in [6.45, 7) is 5.86. The van der Waals surface area contributed by atoms with E-state index in [1.807, 2.05) is 6.07 Å². The van der Waals surface area contributed by atoms with Crippen LogP contribution in [-0.2, 0) is 6.42 Å². The number of nitrogens with zero attached hydrogens (tertiary/aromatic N) is 2. The summed E-state index contributed by atoms with van der Waals surface area (Å²) in [7, 11) is 2.18. The number of hydrogen-bond acceptors (Lipinski definition) is 3. The molecule has 0 bridgehead atoms. The maximum absolute atomic E-state index is 9.61. The van der Waals surface area contributed by atoms with Gasteiger partial charge in [0.2, 0.25) is 0 Å². The molecule has 1 heterocycles. The lowest BCUT2D eigenvalue weighted by Gasteiger charge is -2.32. The van der Waals surface area contributed by atoms with Crippen LogP contribution in [-0.4, -0.2) is 54.7 Å². The van der Waals surface area contributed by atoms with Crippen molar-refractivity contribution in [2.45, 2.75) is 12.8 Å². The molecule has 0 saturated carbocycles. The van der Waals surface area contributed by atoms with Gasteiger partial charge in [-0.05, 0) is 54.0 Å². The van der Waals surface area contributed by atoms with Crippen molar-refractivity contribution >= 4 is 15.9 Å². The molecule has 1 aliphatic heterocycles. The molecule has 0 aliphatic carbocycles. The van der Waals surface area contributed by atoms with E-state index >= 15 is 0 Å². The first-order valence-corrected chi connectivity index (χ1v) is 7.33. The lowest BCUT2D eigenvalue weighted by Crippen LogP contribution is -2.44. The fourth-order valence-electron chi connectivity index (χ4n) is 2.32. The molecule has 4 heteroatoms. The lowest BCUT2D eigenvalue weighted by atomic mass is 10.1. The Morgan fingerprint density at radius 1 is 1.22 bits per heavy atom. The number of phenols is 1. The van der Waals surface area contributed by atoms with Gasteiger partial charge in [0.25, 0.3) is 0 Å². The Balaban J connectivity index is 1.77. The van der Waals surface area contributed by atoms with E-state index in [4.69, 9.17) is 0 Å². The van der Waals surface area contributed by atoms with E-state index in [9.17, 15) is 5.11 Å². The van der Waals surface area contributed by atoms with Crippen LogP contribution in [0.5, 0.6) is 5.75 Å². The first-order valence-electron chi connectivity index (χ1n) is 6.54. The van der Waals surface area contributed by atoms with Crippen LogP contribution in [0.3, 0.4) is 0 Å². The van der Waals surface area contributed by atoms with Crippen LogP contribution < -0.4 is 0 Å². The van der Waals surface area contributed by atoms with Crippen molar-refractivity contribution in [1.29, 1.82) is 0 Å². The maximum atomic E-state index is 9.61. The predicted molar refractivity (Wildman–Crippen MR) is 78.1 cm³/mol. The monoisotopic (exact) mass is 312 g/mol. The first kappa shape index (κ1) is 13.8. The van der Waals surface area contributed by atoms with Crippen molar-refractivity contribution in [3.05, 3.63) is 28.2 Å². The molecule has 1 saturated heterocycles. The van der Waals surface area contributed by atoms with Gasteiger partial charge < -0.3 is 14.9 Å². The zero-order valence-electron chi connectivity index (χ0n) is 10.9. The third-order valence-electron chi connectivity index (χ3n) is 3.57. The molecule has 0 radical (unpaired) electrons. The lowest BCUT2D eigenvalue weighted by molar-refractivity contribution is 0.153. The summed E-state index contributed by atoms with van der Waals surface area (Å²) < 4.78 is 0.850. The quantitative estimate of drug-likeness (QED) is 0.924. The SMILES string of the molecule is CN1CCN(CCCc2cccc(O)c2Br)CC1. The van der Waals surface area contributed by atoms with Crippen LogP contribution in [0.15, 0.2) is 22.7 Å². The number of rotatable bonds is 4. The highest BCUT2D eigenvalue weighted by Gasteiger charge is 2.13. The van der Waals surface area contributed by atoms with Crippen molar-refractivity contribution in [3.63, 3.8) is 0 Å². The Hall–Kier alpha value is -0.580. The molecule has 1 fully saturated rings. The molecule has 1 aromatic carbocycles. The normalized spacial score (nSPS) is 18.1. The summed E-state index contributed by atoms with van der Waals surface area (Å²) in [5.74, 6) is 0.340. The summed E-state index contributed by atoms with van der Waals surface area (Å²) in [5, 5.41) is 9.61. The van der Waals surface area contributed by atoms with Crippen molar-refractivity contribution in [2.75, 3.05) is 39.8 Å². The third-order valence-corrected chi connectivity index (χ3v) is 4.49. The largest absolute Gasteiger partial charge is 0.507 e. The molecule has 2 rings (SSSR count). The smallest absolute Gasteiger partial charge is 0.130 e. The molecule has 0 unspecified atom stereocenters. The fraction of sp³-hybridized carbons (Fsp3) is 0.571. The van der Waals surface area contributed by atoms with Gasteiger partial charge in [-0.25, -0.2) is 0 Å². The van der Waals surface area contributed by atoms with Gasteiger partial charge in [0.1, 0.15) is 5.75 Å². The van der Waals surface area contributed by atoms with E-state index in [2.05, 4.69) is 38.8 Å². The molecule has 100 valence electrons. The summed E-state index contributed by atoms with van der Waals surface area (Å²) in [5.41, 5.74) is 1.20. The van der Waals surface area contributed by atoms with Gasteiger partial charge in [-0.15, -0.1) is 0 Å². The van der Waals surface area contributed by atoms with Crippen LogP contribution >= 0.6 is 15.9 Å². The standard InChI is InChI=1S/C14H21BrN2O/c1-16-8-10-17(11-9-16)7-3-5-12-4-2-6-13(18)14(12)15/h2,4,6,18H,3,5,7-11H2,1H3. The van der Waals surface area contributed by atoms with Crippen LogP contribution in [0.25, 0.3) is 0 Å². The molecule has 1 aliphatic rings. The van der Waals surface area contributed by atoms with Crippen LogP contribution in [0, 0.1) is 0 Å². The van der Waals surface area contributed by atoms with Gasteiger partial charge in [-0.3, -0.25) is 0 Å². The number of benzene rings is 1. The molecule has 1 N–H and O–H groups in total. The second-order valence-corrected chi connectivity index (χ2v) is 5.79. The Morgan fingerprint density at radius 3 is 2.67 bits per heavy atom. The van der Waals surface area contributed by atoms with Crippen LogP contribution in [0.2, 0.25) is 0 Å². The molecule has 1 aromatic rings. The zero-order valence-corrected chi connectivity index (χ0v) is 12.5. The van der Waals surface area contributed by atoms with Crippen molar-refractivity contribution in [2.24, 2.45) is 0 Å². The minimum atomic E-state index is 0.340. The zero-order chi connectivity index (χ0) is 13.0. The molecule has 0 aromatic heterocycles. The van der Waals surface area contributed by atoms with Crippen molar-refractivity contribution < 1.29 is 5.11 Å². The number of halogens is 1. The highest BCUT2D eigenvalue weighted by atomic mass is 79.9. The van der Waals surface area contributed by atoms with Gasteiger partial charge in [0, 0.05) is 26.2 Å². The van der Waals surface area contributed by atoms with Crippen LogP contribution in [0.4, 0.5) is 0 Å². The number of phenolic OH excluding ortho intramolecular Hbond substituents is 1. The minimum absolute atomic E-state index is 0.340. The first-order chi connectivity index (χ1) is 8.66. The van der Waals surface area contributed by atoms with Crippen molar-refractivity contribution in [1.82, 2.24) is 9.80 Å². The second-order valence-electron chi connectivity index (χ2n) is 5.00. The van der Waals surface area contributed by atoms with E-state index in [1.165, 1.54) is 31.7 Å². The van der Waals surface area contributed by atoms with E-state index in [0.717, 1.165) is 23.9 Å². The summed E-state index contributed by atoms with van der Waals surface area (Å²) in [6, 6.07) is 5.70. The third kappa shape index (κ3) is 3.70. The maximum Gasteiger partial charge on any atom is 0.130 e. The number of piperazine rings is 1. The molecule has 18 heavy (non-hydrogen) atoms. The highest BCUT2D eigenvalue weighted by Crippen LogP contribution is 2.28. The van der Waals surface area contributed by atoms with Gasteiger partial charge >= 0.3 is 0 Å². The van der Waals surface area contributed by atoms with E-state index < -0.39 is 0 Å². The summed E-state index contributed by atoms with van der Waals surface area (Å²) >= 11 is 3.44. The van der Waals surface area contributed by atoms with Gasteiger partial charge in [-0.2, -0.15) is 0 Å². The minimum Gasteiger partial charge on any atom is -0.507 e. The summed E-state index contributed by atoms with van der Waals surface area (Å²) in [6.07, 6.45) is 2.16. The number of aryl methyl sites for hydroxylation is 1. The molecule has 0 atom stereocenters. The summed E-state index contributed by atoms with van der Waals surface area (Å²) in [4.78, 5) is 4.90. The van der Waals surface area contributed by atoms with Gasteiger partial charge in [0.15, 0.2) is 0 Å². The Kier molecular flexibility index (Phi) is 5.03. The highest BCUT2D eigenvalue weighted by molar-refractivity contribution is 9.10. The Morgan fingerprint density at radius 2 is 1.94 bits per heavy atom. The molecular weight excluding hydrogens is 292 g/mol. The number of hydrogen-bond donors (Lipinski definition) is 1. The predicted octanol–water partition coefficient (Wildman–Crippen LogP) is 2.33.